The summed E-state index contributed by atoms with van der Waals surface area (Å²) in [6.45, 7) is 0.518. The van der Waals surface area contributed by atoms with Crippen molar-refractivity contribution in [2.24, 2.45) is 0 Å². The molecule has 3 rings (SSSR count). The van der Waals surface area contributed by atoms with Gasteiger partial charge in [-0.3, -0.25) is 4.79 Å². The van der Waals surface area contributed by atoms with Gasteiger partial charge in [0.1, 0.15) is 0 Å². The topological polar surface area (TPSA) is 92.9 Å². The number of hydrogen-bond donors (Lipinski definition) is 1. The highest BCUT2D eigenvalue weighted by Gasteiger charge is 2.30. The van der Waals surface area contributed by atoms with E-state index in [9.17, 15) is 9.59 Å². The number of carbonyl (C=O) groups is 2. The lowest BCUT2D eigenvalue weighted by molar-refractivity contribution is -0.154. The van der Waals surface area contributed by atoms with Gasteiger partial charge in [-0.25, -0.2) is 4.79 Å². The molecule has 1 amide bonds. The zero-order chi connectivity index (χ0) is 15.5. The monoisotopic (exact) mass is 302 g/mol. The molecule has 1 aliphatic heterocycles. The summed E-state index contributed by atoms with van der Waals surface area (Å²) >= 11 is 0. The maximum Gasteiger partial charge on any atom is 0.334 e. The highest BCUT2D eigenvalue weighted by molar-refractivity contribution is 5.93. The molecule has 1 aliphatic rings. The van der Waals surface area contributed by atoms with E-state index in [-0.39, 0.29) is 24.8 Å². The molecule has 0 aliphatic carbocycles. The minimum absolute atomic E-state index is 0.00168. The van der Waals surface area contributed by atoms with Crippen LogP contribution >= 0.6 is 0 Å². The first-order valence-corrected chi connectivity index (χ1v) is 6.81. The van der Waals surface area contributed by atoms with E-state index in [0.717, 1.165) is 5.56 Å². The van der Waals surface area contributed by atoms with Gasteiger partial charge in [0.25, 0.3) is 5.91 Å². The third-order valence-electron chi connectivity index (χ3n) is 3.42. The van der Waals surface area contributed by atoms with Crippen molar-refractivity contribution in [3.8, 4) is 11.3 Å². The number of carbonyl (C=O) groups excluding carboxylic acids is 1. The van der Waals surface area contributed by atoms with Crippen molar-refractivity contribution < 1.29 is 24.0 Å². The van der Waals surface area contributed by atoms with Crippen LogP contribution in [0.4, 0.5) is 0 Å². The third-order valence-corrected chi connectivity index (χ3v) is 3.42. The summed E-state index contributed by atoms with van der Waals surface area (Å²) < 4.78 is 10.3. The second-order valence-corrected chi connectivity index (χ2v) is 4.89. The van der Waals surface area contributed by atoms with Crippen LogP contribution < -0.4 is 0 Å². The number of morpholine rings is 1. The average Bonchev–Trinajstić information content (AvgIpc) is 3.05. The number of nitrogens with zero attached hydrogens (tertiary/aromatic N) is 2. The van der Waals surface area contributed by atoms with Gasteiger partial charge in [0.2, 0.25) is 0 Å². The molecular formula is C15H14N2O5. The van der Waals surface area contributed by atoms with E-state index in [1.807, 2.05) is 30.3 Å². The number of ether oxygens (including phenoxy) is 1. The molecular weight excluding hydrogens is 288 g/mol. The number of carboxylic acid groups (broad SMARTS) is 1. The summed E-state index contributed by atoms with van der Waals surface area (Å²) in [5.74, 6) is -0.949. The summed E-state index contributed by atoms with van der Waals surface area (Å²) in [5.41, 5.74) is 0.976. The first kappa shape index (κ1) is 14.3. The number of benzene rings is 1. The largest absolute Gasteiger partial charge is 0.479 e. The van der Waals surface area contributed by atoms with Gasteiger partial charge in [0, 0.05) is 18.2 Å². The predicted molar refractivity (Wildman–Crippen MR) is 75.2 cm³/mol. The van der Waals surface area contributed by atoms with Crippen molar-refractivity contribution in [2.75, 3.05) is 19.7 Å². The molecule has 1 aromatic heterocycles. The van der Waals surface area contributed by atoms with Gasteiger partial charge in [-0.2, -0.15) is 0 Å². The predicted octanol–water partition coefficient (Wildman–Crippen LogP) is 1.27. The van der Waals surface area contributed by atoms with Crippen LogP contribution in [0.15, 0.2) is 40.9 Å². The summed E-state index contributed by atoms with van der Waals surface area (Å²) in [5, 5.41) is 12.7. The summed E-state index contributed by atoms with van der Waals surface area (Å²) in [7, 11) is 0. The summed E-state index contributed by atoms with van der Waals surface area (Å²) in [6.07, 6.45) is -1.00. The number of hydrogen-bond acceptors (Lipinski definition) is 5. The van der Waals surface area contributed by atoms with Crippen molar-refractivity contribution in [1.29, 1.82) is 0 Å². The Labute approximate surface area is 126 Å². The second kappa shape index (κ2) is 5.98. The van der Waals surface area contributed by atoms with Crippen molar-refractivity contribution >= 4 is 11.9 Å². The van der Waals surface area contributed by atoms with Gasteiger partial charge >= 0.3 is 5.97 Å². The first-order chi connectivity index (χ1) is 10.6. The van der Waals surface area contributed by atoms with E-state index in [2.05, 4.69) is 5.16 Å². The molecule has 0 saturated carbocycles. The van der Waals surface area contributed by atoms with Crippen molar-refractivity contribution in [3.05, 3.63) is 42.1 Å². The van der Waals surface area contributed by atoms with E-state index in [1.165, 1.54) is 4.90 Å². The normalized spacial score (nSPS) is 18.2. The fraction of sp³-hybridized carbons (Fsp3) is 0.267. The Morgan fingerprint density at radius 2 is 2.05 bits per heavy atom. The minimum Gasteiger partial charge on any atom is -0.479 e. The molecule has 1 fully saturated rings. The Morgan fingerprint density at radius 3 is 2.77 bits per heavy atom. The zero-order valence-electron chi connectivity index (χ0n) is 11.6. The average molecular weight is 302 g/mol. The molecule has 22 heavy (non-hydrogen) atoms. The van der Waals surface area contributed by atoms with Gasteiger partial charge in [-0.05, 0) is 0 Å². The Hall–Kier alpha value is -2.67. The van der Waals surface area contributed by atoms with Crippen molar-refractivity contribution in [3.63, 3.8) is 0 Å². The van der Waals surface area contributed by atoms with E-state index >= 15 is 0 Å². The molecule has 1 unspecified atom stereocenters. The maximum absolute atomic E-state index is 12.4. The van der Waals surface area contributed by atoms with Crippen LogP contribution in [0.5, 0.6) is 0 Å². The molecule has 7 nitrogen and oxygen atoms in total. The molecule has 0 spiro atoms. The first-order valence-electron chi connectivity index (χ1n) is 6.81. The molecule has 1 aromatic carbocycles. The van der Waals surface area contributed by atoms with Crippen molar-refractivity contribution in [1.82, 2.24) is 10.1 Å². The summed E-state index contributed by atoms with van der Waals surface area (Å²) in [6, 6.07) is 10.9. The van der Waals surface area contributed by atoms with Gasteiger partial charge in [-0.15, -0.1) is 0 Å². The smallest absolute Gasteiger partial charge is 0.334 e. The Balaban J connectivity index is 1.76. The number of aromatic nitrogens is 1. The fourth-order valence-corrected chi connectivity index (χ4v) is 2.26. The Kier molecular flexibility index (Phi) is 3.88. The van der Waals surface area contributed by atoms with Crippen LogP contribution in [0, 0.1) is 0 Å². The van der Waals surface area contributed by atoms with Gasteiger partial charge in [0.15, 0.2) is 17.6 Å². The Morgan fingerprint density at radius 1 is 1.27 bits per heavy atom. The molecule has 7 heteroatoms. The van der Waals surface area contributed by atoms with E-state index in [1.54, 1.807) is 6.07 Å². The number of aliphatic carboxylic acids is 1. The molecule has 1 N–H and O–H groups in total. The SMILES string of the molecule is O=C(O)C1CN(C(=O)c2cc(-c3ccccc3)on2)CCO1. The molecule has 0 radical (unpaired) electrons. The Bertz CT molecular complexity index is 682. The van der Waals surface area contributed by atoms with Crippen LogP contribution in [0.3, 0.4) is 0 Å². The molecule has 2 heterocycles. The maximum atomic E-state index is 12.4. The molecule has 0 bridgehead atoms. The van der Waals surface area contributed by atoms with Crippen LogP contribution in [0.2, 0.25) is 0 Å². The lowest BCUT2D eigenvalue weighted by Crippen LogP contribution is -2.48. The highest BCUT2D eigenvalue weighted by Crippen LogP contribution is 2.21. The van der Waals surface area contributed by atoms with Crippen LogP contribution in [-0.2, 0) is 9.53 Å². The summed E-state index contributed by atoms with van der Waals surface area (Å²) in [4.78, 5) is 24.7. The molecule has 1 saturated heterocycles. The second-order valence-electron chi connectivity index (χ2n) is 4.89. The quantitative estimate of drug-likeness (QED) is 0.917. The number of amides is 1. The van der Waals surface area contributed by atoms with E-state index in [0.29, 0.717) is 12.3 Å². The zero-order valence-corrected chi connectivity index (χ0v) is 11.6. The third kappa shape index (κ3) is 2.84. The van der Waals surface area contributed by atoms with Gasteiger partial charge in [-0.1, -0.05) is 35.5 Å². The highest BCUT2D eigenvalue weighted by atomic mass is 16.5. The standard InChI is InChI=1S/C15H14N2O5/c18-14(17-6-7-21-13(9-17)15(19)20)11-8-12(22-16-11)10-4-2-1-3-5-10/h1-5,8,13H,6-7,9H2,(H,19,20). The van der Waals surface area contributed by atoms with Gasteiger partial charge in [0.05, 0.1) is 13.2 Å². The molecule has 2 aromatic rings. The molecule has 114 valence electrons. The lowest BCUT2D eigenvalue weighted by atomic mass is 10.1. The number of rotatable bonds is 3. The number of carboxylic acids is 1. The minimum atomic E-state index is -1.08. The van der Waals surface area contributed by atoms with Crippen LogP contribution in [-0.4, -0.2) is 52.8 Å². The fourth-order valence-electron chi connectivity index (χ4n) is 2.26. The van der Waals surface area contributed by atoms with Crippen LogP contribution in [0.25, 0.3) is 11.3 Å². The molecule has 1 atom stereocenters. The van der Waals surface area contributed by atoms with Crippen molar-refractivity contribution in [2.45, 2.75) is 6.10 Å². The van der Waals surface area contributed by atoms with E-state index in [4.69, 9.17) is 14.4 Å². The lowest BCUT2D eigenvalue weighted by Gasteiger charge is -2.30. The van der Waals surface area contributed by atoms with E-state index < -0.39 is 12.1 Å². The van der Waals surface area contributed by atoms with Gasteiger partial charge < -0.3 is 19.3 Å². The van der Waals surface area contributed by atoms with Crippen LogP contribution in [0.1, 0.15) is 10.5 Å².